The number of phenolic OH excluding ortho intramolecular Hbond substituents is 1. The van der Waals surface area contributed by atoms with Gasteiger partial charge in [-0.3, -0.25) is 14.5 Å². The highest BCUT2D eigenvalue weighted by Gasteiger charge is 2.29. The highest BCUT2D eigenvalue weighted by molar-refractivity contribution is 5.97. The van der Waals surface area contributed by atoms with E-state index < -0.39 is 0 Å². The summed E-state index contributed by atoms with van der Waals surface area (Å²) in [5.41, 5.74) is 14.2. The van der Waals surface area contributed by atoms with E-state index >= 15 is 0 Å². The van der Waals surface area contributed by atoms with Crippen LogP contribution in [-0.2, 0) is 10.8 Å². The van der Waals surface area contributed by atoms with Gasteiger partial charge in [0, 0.05) is 34.6 Å². The van der Waals surface area contributed by atoms with Crippen molar-refractivity contribution in [1.29, 1.82) is 0 Å². The van der Waals surface area contributed by atoms with E-state index in [-0.39, 0.29) is 16.6 Å². The first kappa shape index (κ1) is 35.7. The van der Waals surface area contributed by atoms with Gasteiger partial charge in [0.05, 0.1) is 28.7 Å². The smallest absolute Gasteiger partial charge is 0.149 e. The molecule has 0 saturated carbocycles. The number of aryl methyl sites for hydroxylation is 1. The van der Waals surface area contributed by atoms with Crippen molar-refractivity contribution in [3.63, 3.8) is 0 Å². The van der Waals surface area contributed by atoms with Gasteiger partial charge < -0.3 is 5.11 Å². The van der Waals surface area contributed by atoms with Crippen LogP contribution in [0.3, 0.4) is 0 Å². The van der Waals surface area contributed by atoms with Gasteiger partial charge in [0.1, 0.15) is 17.1 Å². The number of rotatable bonds is 6. The number of hydrogen-bond donors (Lipinski definition) is 1. The van der Waals surface area contributed by atoms with Crippen molar-refractivity contribution < 1.29 is 5.11 Å². The number of nitrogens with zero attached hydrogens (tertiary/aromatic N) is 4. The number of pyridine rings is 2. The number of benzene rings is 5. The molecule has 5 nitrogen and oxygen atoms in total. The van der Waals surface area contributed by atoms with Crippen LogP contribution in [0.1, 0.15) is 58.2 Å². The topological polar surface area (TPSA) is 63.8 Å². The third-order valence-electron chi connectivity index (χ3n) is 10.5. The predicted octanol–water partition coefficient (Wildman–Crippen LogP) is 12.8. The summed E-state index contributed by atoms with van der Waals surface area (Å²) in [6.45, 7) is 15.2. The van der Waals surface area contributed by atoms with Crippen LogP contribution < -0.4 is 0 Å². The zero-order valence-corrected chi connectivity index (χ0v) is 32.6. The lowest BCUT2D eigenvalue weighted by atomic mass is 9.79. The molecule has 0 unspecified atom stereocenters. The molecule has 3 aromatic heterocycles. The molecular formula is C50H46N4O. The highest BCUT2D eigenvalue weighted by Crippen LogP contribution is 2.45. The lowest BCUT2D eigenvalue weighted by Gasteiger charge is -2.27. The number of phenols is 1. The van der Waals surface area contributed by atoms with Gasteiger partial charge in [-0.2, -0.15) is 0 Å². The molecule has 0 fully saturated rings. The van der Waals surface area contributed by atoms with Gasteiger partial charge in [-0.1, -0.05) is 145 Å². The largest absolute Gasteiger partial charge is 0.507 e. The van der Waals surface area contributed by atoms with Crippen LogP contribution in [0.25, 0.3) is 72.7 Å². The summed E-state index contributed by atoms with van der Waals surface area (Å²) >= 11 is 0. The van der Waals surface area contributed by atoms with Crippen LogP contribution >= 0.6 is 0 Å². The van der Waals surface area contributed by atoms with Crippen molar-refractivity contribution in [2.24, 2.45) is 0 Å². The zero-order valence-electron chi connectivity index (χ0n) is 32.6. The fraction of sp³-hybridized carbons (Fsp3) is 0.180. The van der Waals surface area contributed by atoms with E-state index in [4.69, 9.17) is 15.0 Å². The van der Waals surface area contributed by atoms with Crippen molar-refractivity contribution in [2.45, 2.75) is 59.3 Å². The van der Waals surface area contributed by atoms with Gasteiger partial charge in [0.25, 0.3) is 0 Å². The third-order valence-corrected chi connectivity index (χ3v) is 10.5. The van der Waals surface area contributed by atoms with Crippen LogP contribution in [0, 0.1) is 6.92 Å². The van der Waals surface area contributed by atoms with E-state index in [1.807, 2.05) is 30.7 Å². The average molecular weight is 719 g/mol. The molecule has 0 spiro atoms. The fourth-order valence-corrected chi connectivity index (χ4v) is 7.43. The summed E-state index contributed by atoms with van der Waals surface area (Å²) in [6.07, 6.45) is 5.74. The average Bonchev–Trinajstić information content (AvgIpc) is 3.57. The van der Waals surface area contributed by atoms with Crippen LogP contribution in [0.5, 0.6) is 5.75 Å². The molecule has 3 heterocycles. The number of fused-ring (bicyclic) bond motifs is 1. The highest BCUT2D eigenvalue weighted by atomic mass is 16.3. The predicted molar refractivity (Wildman–Crippen MR) is 228 cm³/mol. The molecule has 55 heavy (non-hydrogen) atoms. The van der Waals surface area contributed by atoms with E-state index in [0.717, 1.165) is 78.0 Å². The Morgan fingerprint density at radius 1 is 0.545 bits per heavy atom. The minimum atomic E-state index is -0.309. The Labute approximate surface area is 324 Å². The molecule has 8 aromatic rings. The summed E-state index contributed by atoms with van der Waals surface area (Å²) in [5, 5.41) is 12.2. The first-order chi connectivity index (χ1) is 26.4. The van der Waals surface area contributed by atoms with Gasteiger partial charge in [-0.15, -0.1) is 0 Å². The van der Waals surface area contributed by atoms with Crippen molar-refractivity contribution in [3.8, 4) is 67.5 Å². The Hall–Kier alpha value is -6.33. The maximum absolute atomic E-state index is 12.2. The standard InChI is InChI=1S/C50H46N4O/c1-32-29-52-43(28-39(32)34-19-12-9-13-20-34)36-22-16-21-35(25-36)41-30-51-31-45-46(41)53-48(40-26-37(49(2,3)4)27-42(47(40)55)50(5,6)7)54(45)44-24-15-14-23-38(44)33-17-10-8-11-18-33/h8-31,55H,1-7H3. The van der Waals surface area contributed by atoms with Crippen LogP contribution in [0.15, 0.2) is 146 Å². The summed E-state index contributed by atoms with van der Waals surface area (Å²) in [4.78, 5) is 15.2. The lowest BCUT2D eigenvalue weighted by Crippen LogP contribution is -2.17. The number of hydrogen-bond acceptors (Lipinski definition) is 4. The maximum atomic E-state index is 12.2. The molecule has 0 radical (unpaired) electrons. The second-order valence-corrected chi connectivity index (χ2v) is 16.5. The maximum Gasteiger partial charge on any atom is 0.149 e. The molecule has 5 heteroatoms. The number of aromatic nitrogens is 4. The minimum absolute atomic E-state index is 0.168. The molecule has 272 valence electrons. The Balaban J connectivity index is 1.39. The number of para-hydroxylation sites is 1. The fourth-order valence-electron chi connectivity index (χ4n) is 7.43. The van der Waals surface area contributed by atoms with Crippen molar-refractivity contribution in [3.05, 3.63) is 163 Å². The first-order valence-electron chi connectivity index (χ1n) is 18.9. The van der Waals surface area contributed by atoms with E-state index in [0.29, 0.717) is 11.4 Å². The quantitative estimate of drug-likeness (QED) is 0.186. The summed E-state index contributed by atoms with van der Waals surface area (Å²) < 4.78 is 2.18. The van der Waals surface area contributed by atoms with E-state index in [1.54, 1.807) is 0 Å². The Morgan fingerprint density at radius 2 is 1.18 bits per heavy atom. The molecule has 0 aliphatic rings. The molecule has 0 saturated heterocycles. The second kappa shape index (κ2) is 13.8. The van der Waals surface area contributed by atoms with Crippen molar-refractivity contribution >= 4 is 11.0 Å². The molecule has 0 bridgehead atoms. The third kappa shape index (κ3) is 6.72. The van der Waals surface area contributed by atoms with E-state index in [2.05, 4.69) is 168 Å². The normalized spacial score (nSPS) is 12.0. The molecule has 1 N–H and O–H groups in total. The Bertz CT molecular complexity index is 2680. The van der Waals surface area contributed by atoms with Gasteiger partial charge in [0.2, 0.25) is 0 Å². The van der Waals surface area contributed by atoms with Gasteiger partial charge in [-0.25, -0.2) is 4.98 Å². The molecule has 0 atom stereocenters. The number of imidazole rings is 1. The van der Waals surface area contributed by atoms with Gasteiger partial charge in [-0.05, 0) is 75.4 Å². The van der Waals surface area contributed by atoms with Gasteiger partial charge in [0.15, 0.2) is 0 Å². The molecular weight excluding hydrogens is 673 g/mol. The second-order valence-electron chi connectivity index (χ2n) is 16.5. The zero-order chi connectivity index (χ0) is 38.5. The summed E-state index contributed by atoms with van der Waals surface area (Å²) in [6, 6.07) is 44.2. The molecule has 5 aromatic carbocycles. The molecule has 0 aliphatic heterocycles. The summed E-state index contributed by atoms with van der Waals surface area (Å²) in [5.74, 6) is 0.899. The SMILES string of the molecule is Cc1cnc(-c2cccc(-c3cncc4c3nc(-c3cc(C(C)(C)C)cc(C(C)(C)C)c3O)n4-c3ccccc3-c3ccccc3)c2)cc1-c1ccccc1. The molecule has 0 aliphatic carbocycles. The van der Waals surface area contributed by atoms with Crippen LogP contribution in [0.2, 0.25) is 0 Å². The lowest BCUT2D eigenvalue weighted by molar-refractivity contribution is 0.446. The van der Waals surface area contributed by atoms with Gasteiger partial charge >= 0.3 is 0 Å². The minimum Gasteiger partial charge on any atom is -0.507 e. The Morgan fingerprint density at radius 3 is 1.87 bits per heavy atom. The Kier molecular flexibility index (Phi) is 8.97. The molecule has 0 amide bonds. The van der Waals surface area contributed by atoms with Crippen LogP contribution in [-0.4, -0.2) is 24.6 Å². The number of aromatic hydroxyl groups is 1. The van der Waals surface area contributed by atoms with E-state index in [1.165, 1.54) is 0 Å². The van der Waals surface area contributed by atoms with Crippen LogP contribution in [0.4, 0.5) is 0 Å². The van der Waals surface area contributed by atoms with Crippen molar-refractivity contribution in [2.75, 3.05) is 0 Å². The van der Waals surface area contributed by atoms with E-state index in [9.17, 15) is 5.11 Å². The van der Waals surface area contributed by atoms with Crippen molar-refractivity contribution in [1.82, 2.24) is 19.5 Å². The first-order valence-corrected chi connectivity index (χ1v) is 18.9. The summed E-state index contributed by atoms with van der Waals surface area (Å²) in [7, 11) is 0. The molecule has 8 rings (SSSR count). The monoisotopic (exact) mass is 718 g/mol.